The van der Waals surface area contributed by atoms with E-state index in [0.717, 1.165) is 11.4 Å². The third kappa shape index (κ3) is 6.56. The smallest absolute Gasteiger partial charge is 0.228 e. The normalized spacial score (nSPS) is 10.9. The molecule has 11 heteroatoms. The van der Waals surface area contributed by atoms with E-state index in [0.29, 0.717) is 43.9 Å². The van der Waals surface area contributed by atoms with Crippen molar-refractivity contribution in [1.29, 1.82) is 0 Å². The van der Waals surface area contributed by atoms with Gasteiger partial charge in [0.05, 0.1) is 18.3 Å². The molecule has 1 N–H and O–H groups in total. The Labute approximate surface area is 214 Å². The molecular formula is C23H25Cl3N6O2. The predicted molar refractivity (Wildman–Crippen MR) is 141 cm³/mol. The number of anilines is 3. The Morgan fingerprint density at radius 3 is 2.38 bits per heavy atom. The molecule has 8 nitrogen and oxygen atoms in total. The summed E-state index contributed by atoms with van der Waals surface area (Å²) in [7, 11) is 9.11. The van der Waals surface area contributed by atoms with Crippen LogP contribution in [0.3, 0.4) is 0 Å². The van der Waals surface area contributed by atoms with E-state index in [-0.39, 0.29) is 6.61 Å². The molecule has 0 saturated heterocycles. The third-order valence-electron chi connectivity index (χ3n) is 4.59. The molecule has 0 atom stereocenters. The average Bonchev–Trinajstić information content (AvgIpc) is 2.78. The predicted octanol–water partition coefficient (Wildman–Crippen LogP) is 5.60. The van der Waals surface area contributed by atoms with Crippen LogP contribution in [0.4, 0.5) is 17.6 Å². The second-order valence-corrected chi connectivity index (χ2v) is 8.88. The molecule has 0 spiro atoms. The number of hydrogen-bond acceptors (Lipinski definition) is 8. The summed E-state index contributed by atoms with van der Waals surface area (Å²) in [5.41, 5.74) is 4.42. The van der Waals surface area contributed by atoms with Crippen LogP contribution in [-0.2, 0) is 6.61 Å². The fraction of sp³-hybridized carbons (Fsp3) is 0.261. The molecule has 1 aromatic heterocycles. The van der Waals surface area contributed by atoms with Crippen molar-refractivity contribution in [2.24, 2.45) is 5.10 Å². The van der Waals surface area contributed by atoms with Gasteiger partial charge in [-0.3, -0.25) is 5.43 Å². The molecule has 0 aliphatic heterocycles. The SMILES string of the molecule is COc1cc(/C=N\Nc2cc(N(C)C)nc(N(C)C)n2)cc(Cl)c1OCc1ccc(Cl)cc1Cl. The van der Waals surface area contributed by atoms with Gasteiger partial charge in [-0.15, -0.1) is 0 Å². The maximum Gasteiger partial charge on any atom is 0.228 e. The molecule has 0 radical (unpaired) electrons. The highest BCUT2D eigenvalue weighted by atomic mass is 35.5. The fourth-order valence-electron chi connectivity index (χ4n) is 2.82. The van der Waals surface area contributed by atoms with E-state index in [1.165, 1.54) is 0 Å². The average molecular weight is 524 g/mol. The lowest BCUT2D eigenvalue weighted by atomic mass is 10.2. The number of hydrogen-bond donors (Lipinski definition) is 1. The van der Waals surface area contributed by atoms with E-state index in [2.05, 4.69) is 20.5 Å². The van der Waals surface area contributed by atoms with E-state index >= 15 is 0 Å². The first-order chi connectivity index (χ1) is 16.2. The summed E-state index contributed by atoms with van der Waals surface area (Å²) in [6.07, 6.45) is 1.61. The van der Waals surface area contributed by atoms with Crippen molar-refractivity contribution in [3.8, 4) is 11.5 Å². The van der Waals surface area contributed by atoms with Crippen molar-refractivity contribution in [1.82, 2.24) is 9.97 Å². The Kier molecular flexibility index (Phi) is 8.66. The van der Waals surface area contributed by atoms with Crippen LogP contribution in [0.1, 0.15) is 11.1 Å². The van der Waals surface area contributed by atoms with Crippen LogP contribution in [0.2, 0.25) is 15.1 Å². The molecule has 34 heavy (non-hydrogen) atoms. The summed E-state index contributed by atoms with van der Waals surface area (Å²) in [6.45, 7) is 0.206. The molecule has 0 saturated carbocycles. The number of ether oxygens (including phenoxy) is 2. The maximum absolute atomic E-state index is 6.48. The largest absolute Gasteiger partial charge is 0.493 e. The highest BCUT2D eigenvalue weighted by Gasteiger charge is 2.13. The van der Waals surface area contributed by atoms with Crippen LogP contribution in [0, 0.1) is 0 Å². The van der Waals surface area contributed by atoms with E-state index < -0.39 is 0 Å². The summed E-state index contributed by atoms with van der Waals surface area (Å²) in [5, 5.41) is 5.72. The van der Waals surface area contributed by atoms with Crippen LogP contribution in [-0.4, -0.2) is 51.5 Å². The number of nitrogens with one attached hydrogen (secondary N) is 1. The monoisotopic (exact) mass is 522 g/mol. The lowest BCUT2D eigenvalue weighted by molar-refractivity contribution is 0.285. The zero-order valence-corrected chi connectivity index (χ0v) is 21.7. The summed E-state index contributed by atoms with van der Waals surface area (Å²) < 4.78 is 11.4. The van der Waals surface area contributed by atoms with Crippen LogP contribution in [0.25, 0.3) is 0 Å². The van der Waals surface area contributed by atoms with Crippen molar-refractivity contribution in [3.05, 3.63) is 62.6 Å². The van der Waals surface area contributed by atoms with Gasteiger partial charge in [0.1, 0.15) is 12.4 Å². The number of benzene rings is 2. The van der Waals surface area contributed by atoms with Gasteiger partial charge >= 0.3 is 0 Å². The minimum absolute atomic E-state index is 0.206. The standard InChI is InChI=1S/C23H25Cl3N6O2/c1-31(2)21-11-20(28-23(29-21)32(3)4)30-27-12-14-8-18(26)22(19(9-14)33-5)34-13-15-6-7-16(24)10-17(15)25/h6-12H,13H2,1-5H3,(H,28,29,30)/b27-12-. The summed E-state index contributed by atoms with van der Waals surface area (Å²) in [4.78, 5) is 12.6. The van der Waals surface area contributed by atoms with Gasteiger partial charge in [-0.25, -0.2) is 0 Å². The highest BCUT2D eigenvalue weighted by Crippen LogP contribution is 2.37. The molecule has 3 rings (SSSR count). The number of rotatable bonds is 9. The summed E-state index contributed by atoms with van der Waals surface area (Å²) in [5.74, 6) is 2.74. The van der Waals surface area contributed by atoms with Gasteiger partial charge in [0.25, 0.3) is 0 Å². The molecule has 2 aromatic carbocycles. The van der Waals surface area contributed by atoms with Gasteiger partial charge in [-0.2, -0.15) is 15.1 Å². The van der Waals surface area contributed by atoms with Crippen molar-refractivity contribution in [2.75, 3.05) is 50.5 Å². The van der Waals surface area contributed by atoms with E-state index in [1.807, 2.05) is 38.0 Å². The first-order valence-corrected chi connectivity index (χ1v) is 11.3. The molecule has 0 fully saturated rings. The van der Waals surface area contributed by atoms with Gasteiger partial charge in [0.2, 0.25) is 5.95 Å². The van der Waals surface area contributed by atoms with Crippen LogP contribution >= 0.6 is 34.8 Å². The molecular weight excluding hydrogens is 499 g/mol. The van der Waals surface area contributed by atoms with E-state index in [1.54, 1.807) is 49.7 Å². The second kappa shape index (κ2) is 11.5. The molecule has 0 amide bonds. The summed E-state index contributed by atoms with van der Waals surface area (Å²) >= 11 is 18.7. The number of aromatic nitrogens is 2. The molecule has 0 bridgehead atoms. The number of nitrogens with zero attached hydrogens (tertiary/aromatic N) is 5. The highest BCUT2D eigenvalue weighted by molar-refractivity contribution is 6.35. The number of methoxy groups -OCH3 is 1. The Morgan fingerprint density at radius 1 is 0.971 bits per heavy atom. The van der Waals surface area contributed by atoms with Gasteiger partial charge in [-0.1, -0.05) is 40.9 Å². The Balaban J connectivity index is 1.76. The molecule has 0 aliphatic carbocycles. The quantitative estimate of drug-likeness (QED) is 0.289. The first-order valence-electron chi connectivity index (χ1n) is 10.1. The Hall–Kier alpha value is -2.94. The van der Waals surface area contributed by atoms with Gasteiger partial charge < -0.3 is 19.3 Å². The van der Waals surface area contributed by atoms with Crippen LogP contribution in [0.15, 0.2) is 41.5 Å². The van der Waals surface area contributed by atoms with Crippen molar-refractivity contribution in [2.45, 2.75) is 6.61 Å². The number of halogens is 3. The Morgan fingerprint density at radius 2 is 1.74 bits per heavy atom. The Bertz CT molecular complexity index is 1160. The maximum atomic E-state index is 6.48. The van der Waals surface area contributed by atoms with Gasteiger partial charge in [-0.05, 0) is 29.8 Å². The molecule has 1 heterocycles. The fourth-order valence-corrected chi connectivity index (χ4v) is 3.56. The van der Waals surface area contributed by atoms with Crippen LogP contribution < -0.4 is 24.7 Å². The molecule has 0 unspecified atom stereocenters. The van der Waals surface area contributed by atoms with Crippen LogP contribution in [0.5, 0.6) is 11.5 Å². The minimum Gasteiger partial charge on any atom is -0.493 e. The van der Waals surface area contributed by atoms with E-state index in [9.17, 15) is 0 Å². The molecule has 3 aromatic rings. The lowest BCUT2D eigenvalue weighted by Crippen LogP contribution is -2.17. The van der Waals surface area contributed by atoms with Crippen molar-refractivity contribution >= 4 is 58.6 Å². The summed E-state index contributed by atoms with van der Waals surface area (Å²) in [6, 6.07) is 10.5. The molecule has 0 aliphatic rings. The minimum atomic E-state index is 0.206. The topological polar surface area (TPSA) is 75.1 Å². The lowest BCUT2D eigenvalue weighted by Gasteiger charge is -2.17. The number of hydrazone groups is 1. The second-order valence-electron chi connectivity index (χ2n) is 7.63. The molecule has 180 valence electrons. The first kappa shape index (κ1) is 25.7. The zero-order valence-electron chi connectivity index (χ0n) is 19.4. The zero-order chi connectivity index (χ0) is 24.8. The van der Waals surface area contributed by atoms with E-state index in [4.69, 9.17) is 44.3 Å². The van der Waals surface area contributed by atoms with Crippen molar-refractivity contribution < 1.29 is 9.47 Å². The van der Waals surface area contributed by atoms with Gasteiger partial charge in [0.15, 0.2) is 17.3 Å². The van der Waals surface area contributed by atoms with Crippen molar-refractivity contribution in [3.63, 3.8) is 0 Å². The van der Waals surface area contributed by atoms with Gasteiger partial charge in [0, 0.05) is 49.9 Å². The third-order valence-corrected chi connectivity index (χ3v) is 5.46.